The van der Waals surface area contributed by atoms with Crippen molar-refractivity contribution in [2.24, 2.45) is 5.92 Å². The molecule has 0 aliphatic heterocycles. The van der Waals surface area contributed by atoms with Crippen LogP contribution < -0.4 is 4.90 Å². The van der Waals surface area contributed by atoms with Gasteiger partial charge in [0.1, 0.15) is 11.2 Å². The second kappa shape index (κ2) is 13.5. The predicted octanol–water partition coefficient (Wildman–Crippen LogP) is 15.1. The van der Waals surface area contributed by atoms with Crippen molar-refractivity contribution in [2.75, 3.05) is 4.90 Å². The van der Waals surface area contributed by atoms with E-state index in [2.05, 4.69) is 214 Å². The largest absolute Gasteiger partial charge is 0.455 e. The van der Waals surface area contributed by atoms with Crippen LogP contribution >= 0.6 is 0 Å². The summed E-state index contributed by atoms with van der Waals surface area (Å²) in [5, 5.41) is 4.61. The van der Waals surface area contributed by atoms with Gasteiger partial charge in [-0.05, 0) is 104 Å². The highest BCUT2D eigenvalue weighted by Crippen LogP contribution is 2.53. The Balaban J connectivity index is 1.20. The van der Waals surface area contributed by atoms with Crippen molar-refractivity contribution in [3.05, 3.63) is 210 Å². The highest BCUT2D eigenvalue weighted by atomic mass is 16.3. The molecule has 2 aliphatic rings. The summed E-state index contributed by atoms with van der Waals surface area (Å²) in [4.78, 5) is 2.65. The summed E-state index contributed by atoms with van der Waals surface area (Å²) in [5.41, 5.74) is 16.0. The summed E-state index contributed by atoms with van der Waals surface area (Å²) < 4.78 is 6.98. The van der Waals surface area contributed by atoms with Crippen LogP contribution in [0.3, 0.4) is 0 Å². The Morgan fingerprint density at radius 1 is 0.552 bits per heavy atom. The topological polar surface area (TPSA) is 16.4 Å². The maximum Gasteiger partial charge on any atom is 0.143 e. The highest BCUT2D eigenvalue weighted by Gasteiger charge is 2.38. The molecule has 0 amide bonds. The van der Waals surface area contributed by atoms with Crippen LogP contribution in [-0.4, -0.2) is 6.04 Å². The molecule has 2 heteroatoms. The second-order valence-electron chi connectivity index (χ2n) is 16.8. The van der Waals surface area contributed by atoms with Gasteiger partial charge in [0.2, 0.25) is 0 Å². The Morgan fingerprint density at radius 3 is 1.98 bits per heavy atom. The van der Waals surface area contributed by atoms with Gasteiger partial charge < -0.3 is 9.32 Å². The molecule has 3 atom stereocenters. The minimum Gasteiger partial charge on any atom is -0.455 e. The van der Waals surface area contributed by atoms with E-state index in [1.165, 1.54) is 61.2 Å². The van der Waals surface area contributed by atoms with E-state index in [4.69, 9.17) is 4.42 Å². The van der Waals surface area contributed by atoms with Gasteiger partial charge in [-0.2, -0.15) is 0 Å². The van der Waals surface area contributed by atoms with Crippen LogP contribution in [0, 0.1) is 5.92 Å². The van der Waals surface area contributed by atoms with Gasteiger partial charge in [-0.1, -0.05) is 179 Å². The molecule has 1 heterocycles. The molecule has 280 valence electrons. The normalized spacial score (nSPS) is 18.3. The van der Waals surface area contributed by atoms with Gasteiger partial charge in [0.25, 0.3) is 0 Å². The van der Waals surface area contributed by atoms with E-state index in [0.29, 0.717) is 11.8 Å². The predicted molar refractivity (Wildman–Crippen MR) is 244 cm³/mol. The summed E-state index contributed by atoms with van der Waals surface area (Å²) in [7, 11) is 0. The fourth-order valence-electron chi connectivity index (χ4n) is 10.4. The number of fused-ring (bicyclic) bond motifs is 8. The van der Waals surface area contributed by atoms with Crippen molar-refractivity contribution in [3.8, 4) is 22.3 Å². The first kappa shape index (κ1) is 34.6. The summed E-state index contributed by atoms with van der Waals surface area (Å²) in [6.07, 6.45) is 3.55. The molecule has 2 aliphatic carbocycles. The number of rotatable bonds is 6. The fraction of sp³-hybridized carbons (Fsp3) is 0.143. The van der Waals surface area contributed by atoms with Crippen molar-refractivity contribution in [1.82, 2.24) is 0 Å². The molecule has 0 spiro atoms. The number of hydrogen-bond donors (Lipinski definition) is 0. The molecule has 0 bridgehead atoms. The molecule has 0 saturated carbocycles. The first-order valence-corrected chi connectivity index (χ1v) is 20.7. The molecule has 9 aromatic rings. The highest BCUT2D eigenvalue weighted by molar-refractivity contribution is 6.22. The maximum absolute atomic E-state index is 6.98. The van der Waals surface area contributed by atoms with E-state index in [-0.39, 0.29) is 11.5 Å². The monoisotopic (exact) mass is 747 g/mol. The number of furan rings is 1. The molecule has 1 aromatic heterocycles. The first-order chi connectivity index (χ1) is 28.5. The summed E-state index contributed by atoms with van der Waals surface area (Å²) in [5.74, 6) is 0.652. The molecule has 2 nitrogen and oxygen atoms in total. The molecule has 2 unspecified atom stereocenters. The third-order valence-electron chi connectivity index (χ3n) is 13.3. The van der Waals surface area contributed by atoms with Crippen molar-refractivity contribution in [3.63, 3.8) is 0 Å². The Morgan fingerprint density at radius 2 is 1.21 bits per heavy atom. The zero-order chi connectivity index (χ0) is 39.0. The molecular weight excluding hydrogens is 703 g/mol. The average molecular weight is 748 g/mol. The van der Waals surface area contributed by atoms with Crippen molar-refractivity contribution >= 4 is 49.7 Å². The number of hydrogen-bond acceptors (Lipinski definition) is 2. The molecule has 11 rings (SSSR count). The van der Waals surface area contributed by atoms with Crippen LogP contribution in [0.2, 0.25) is 0 Å². The number of nitrogens with zero attached hydrogens (tertiary/aromatic N) is 1. The Kier molecular flexibility index (Phi) is 8.05. The van der Waals surface area contributed by atoms with Crippen LogP contribution in [0.5, 0.6) is 0 Å². The summed E-state index contributed by atoms with van der Waals surface area (Å²) >= 11 is 0. The van der Waals surface area contributed by atoms with Crippen molar-refractivity contribution in [1.29, 1.82) is 0 Å². The van der Waals surface area contributed by atoms with Crippen LogP contribution in [0.15, 0.2) is 192 Å². The van der Waals surface area contributed by atoms with Crippen LogP contribution in [0.4, 0.5) is 11.4 Å². The van der Waals surface area contributed by atoms with Gasteiger partial charge in [0.05, 0.1) is 17.1 Å². The minimum absolute atomic E-state index is 0.0474. The van der Waals surface area contributed by atoms with E-state index in [1.54, 1.807) is 0 Å². The van der Waals surface area contributed by atoms with Gasteiger partial charge in [-0.3, -0.25) is 0 Å². The Labute approximate surface area is 340 Å². The quantitative estimate of drug-likeness (QED) is 0.168. The number of benzene rings is 8. The van der Waals surface area contributed by atoms with E-state index in [0.717, 1.165) is 39.4 Å². The molecule has 0 saturated heterocycles. The third-order valence-corrected chi connectivity index (χ3v) is 13.3. The molecule has 58 heavy (non-hydrogen) atoms. The smallest absolute Gasteiger partial charge is 0.143 e. The number of anilines is 2. The van der Waals surface area contributed by atoms with Crippen LogP contribution in [0.1, 0.15) is 55.4 Å². The SMILES string of the molecule is CC1C(c2ccccc2)=CC(N(c2ccc3c(c2)C(C)(C)c2ccccc2-3)c2cccc3oc4c5ccccc5c(-c5ccccc5)cc4c23)C[C@@H]1c1ccccc1. The third kappa shape index (κ3) is 5.39. The van der Waals surface area contributed by atoms with E-state index in [1.807, 2.05) is 0 Å². The molecule has 8 aromatic carbocycles. The molecular formula is C56H45NO. The lowest BCUT2D eigenvalue weighted by molar-refractivity contribution is 0.471. The minimum atomic E-state index is -0.135. The average Bonchev–Trinajstić information content (AvgIpc) is 3.77. The lowest BCUT2D eigenvalue weighted by Gasteiger charge is -2.41. The second-order valence-corrected chi connectivity index (χ2v) is 16.8. The van der Waals surface area contributed by atoms with Crippen molar-refractivity contribution < 1.29 is 4.42 Å². The van der Waals surface area contributed by atoms with Gasteiger partial charge in [0.15, 0.2) is 0 Å². The summed E-state index contributed by atoms with van der Waals surface area (Å²) in [6.45, 7) is 7.19. The Bertz CT molecular complexity index is 3030. The zero-order valence-corrected chi connectivity index (χ0v) is 33.2. The first-order valence-electron chi connectivity index (χ1n) is 20.7. The van der Waals surface area contributed by atoms with E-state index >= 15 is 0 Å². The van der Waals surface area contributed by atoms with Crippen LogP contribution in [0.25, 0.3) is 60.5 Å². The number of allylic oxidation sites excluding steroid dienone is 1. The molecule has 0 radical (unpaired) electrons. The molecule has 0 N–H and O–H groups in total. The van der Waals surface area contributed by atoms with Gasteiger partial charge in [-0.15, -0.1) is 0 Å². The lowest BCUT2D eigenvalue weighted by Crippen LogP contribution is -2.36. The van der Waals surface area contributed by atoms with Crippen LogP contribution in [-0.2, 0) is 5.41 Å². The lowest BCUT2D eigenvalue weighted by atomic mass is 9.72. The van der Waals surface area contributed by atoms with Gasteiger partial charge >= 0.3 is 0 Å². The van der Waals surface area contributed by atoms with Gasteiger partial charge in [-0.25, -0.2) is 0 Å². The standard InChI is InChI=1S/C56H45NO/c1-36-46(37-18-7-4-8-19-37)32-41(33-47(36)38-20-9-5-10-21-38)57(40-30-31-44-43-25-15-16-27-50(43)56(2,3)51(44)34-40)52-28-17-29-53-54(52)49-35-48(39-22-11-6-12-23-39)42-24-13-14-26-45(42)55(49)58-53/h4-32,34-36,41,47H,33H2,1-3H3/t36?,41?,47-/m0/s1. The Hall–Kier alpha value is -6.64. The van der Waals surface area contributed by atoms with E-state index < -0.39 is 0 Å². The van der Waals surface area contributed by atoms with Crippen molar-refractivity contribution in [2.45, 2.75) is 44.6 Å². The summed E-state index contributed by atoms with van der Waals surface area (Å²) in [6, 6.07) is 67.0. The van der Waals surface area contributed by atoms with Gasteiger partial charge in [0, 0.05) is 21.9 Å². The maximum atomic E-state index is 6.98. The van der Waals surface area contributed by atoms with E-state index in [9.17, 15) is 0 Å². The zero-order valence-electron chi connectivity index (χ0n) is 33.2. The fourth-order valence-corrected chi connectivity index (χ4v) is 10.4. The molecule has 0 fully saturated rings.